The average Bonchev–Trinajstić information content (AvgIpc) is 3.11. The zero-order valence-corrected chi connectivity index (χ0v) is 13.0. The first kappa shape index (κ1) is 16.1. The molecule has 5 heteroatoms. The second-order valence-electron chi connectivity index (χ2n) is 6.56. The number of aliphatic carboxylic acids is 1. The van der Waals surface area contributed by atoms with Crippen molar-refractivity contribution in [1.82, 2.24) is 10.2 Å². The number of nitrogens with zero attached hydrogens (tertiary/aromatic N) is 1. The van der Waals surface area contributed by atoms with E-state index in [2.05, 4.69) is 5.32 Å². The lowest BCUT2D eigenvalue weighted by molar-refractivity contribution is -0.141. The van der Waals surface area contributed by atoms with Gasteiger partial charge < -0.3 is 15.3 Å². The van der Waals surface area contributed by atoms with Gasteiger partial charge in [-0.1, -0.05) is 19.8 Å². The third kappa shape index (κ3) is 4.35. The Kier molecular flexibility index (Phi) is 5.88. The Morgan fingerprint density at radius 2 is 1.95 bits per heavy atom. The van der Waals surface area contributed by atoms with Crippen LogP contribution in [0, 0.1) is 11.8 Å². The largest absolute Gasteiger partial charge is 0.481 e. The molecule has 1 aliphatic carbocycles. The van der Waals surface area contributed by atoms with Gasteiger partial charge in [-0.3, -0.25) is 4.79 Å². The minimum Gasteiger partial charge on any atom is -0.481 e. The lowest BCUT2D eigenvalue weighted by Gasteiger charge is -2.29. The first-order chi connectivity index (χ1) is 10.1. The summed E-state index contributed by atoms with van der Waals surface area (Å²) in [5, 5.41) is 11.8. The molecule has 0 aromatic rings. The number of urea groups is 1. The summed E-state index contributed by atoms with van der Waals surface area (Å²) >= 11 is 0. The summed E-state index contributed by atoms with van der Waals surface area (Å²) in [7, 11) is 0. The Hall–Kier alpha value is -1.26. The van der Waals surface area contributed by atoms with Crippen LogP contribution in [-0.4, -0.2) is 41.1 Å². The molecule has 0 spiro atoms. The first-order valence-corrected chi connectivity index (χ1v) is 8.37. The van der Waals surface area contributed by atoms with E-state index in [0.29, 0.717) is 24.9 Å². The van der Waals surface area contributed by atoms with Gasteiger partial charge in [0.1, 0.15) is 0 Å². The van der Waals surface area contributed by atoms with Crippen molar-refractivity contribution in [3.8, 4) is 0 Å². The van der Waals surface area contributed by atoms with Crippen molar-refractivity contribution < 1.29 is 14.7 Å². The van der Waals surface area contributed by atoms with Crippen LogP contribution in [0.4, 0.5) is 4.79 Å². The Balaban J connectivity index is 1.71. The van der Waals surface area contributed by atoms with Gasteiger partial charge in [-0.2, -0.15) is 0 Å². The van der Waals surface area contributed by atoms with Crippen molar-refractivity contribution in [2.45, 2.75) is 64.3 Å². The summed E-state index contributed by atoms with van der Waals surface area (Å²) in [4.78, 5) is 25.0. The maximum Gasteiger partial charge on any atom is 0.317 e. The molecule has 2 rings (SSSR count). The smallest absolute Gasteiger partial charge is 0.317 e. The Morgan fingerprint density at radius 3 is 2.62 bits per heavy atom. The summed E-state index contributed by atoms with van der Waals surface area (Å²) in [5.74, 6) is -0.396. The highest BCUT2D eigenvalue weighted by Gasteiger charge is 2.35. The number of amides is 2. The number of hydrogen-bond acceptors (Lipinski definition) is 2. The number of carbonyl (C=O) groups excluding carboxylic acids is 1. The predicted molar refractivity (Wildman–Crippen MR) is 81.1 cm³/mol. The van der Waals surface area contributed by atoms with E-state index in [4.69, 9.17) is 5.11 Å². The molecule has 2 unspecified atom stereocenters. The van der Waals surface area contributed by atoms with Crippen molar-refractivity contribution in [3.63, 3.8) is 0 Å². The van der Waals surface area contributed by atoms with Crippen molar-refractivity contribution in [1.29, 1.82) is 0 Å². The first-order valence-electron chi connectivity index (χ1n) is 8.37. The van der Waals surface area contributed by atoms with Gasteiger partial charge >= 0.3 is 12.0 Å². The third-order valence-corrected chi connectivity index (χ3v) is 5.02. The molecule has 2 aliphatic rings. The second-order valence-corrected chi connectivity index (χ2v) is 6.56. The number of rotatable bonds is 6. The summed E-state index contributed by atoms with van der Waals surface area (Å²) < 4.78 is 0. The molecular formula is C16H28N2O3. The molecule has 0 aromatic carbocycles. The zero-order valence-electron chi connectivity index (χ0n) is 13.0. The number of likely N-dealkylation sites (tertiary alicyclic amines) is 1. The summed E-state index contributed by atoms with van der Waals surface area (Å²) in [5.41, 5.74) is 0. The molecule has 1 aliphatic heterocycles. The van der Waals surface area contributed by atoms with Crippen molar-refractivity contribution >= 4 is 12.0 Å². The van der Waals surface area contributed by atoms with Crippen LogP contribution in [0.3, 0.4) is 0 Å². The number of nitrogens with one attached hydrogen (secondary N) is 1. The summed E-state index contributed by atoms with van der Waals surface area (Å²) in [6.45, 7) is 3.16. The number of hydrogen-bond donors (Lipinski definition) is 2. The van der Waals surface area contributed by atoms with E-state index in [1.165, 1.54) is 25.7 Å². The van der Waals surface area contributed by atoms with Crippen molar-refractivity contribution in [2.75, 3.05) is 13.1 Å². The molecule has 0 radical (unpaired) electrons. The highest BCUT2D eigenvalue weighted by molar-refractivity contribution is 5.75. The summed E-state index contributed by atoms with van der Waals surface area (Å²) in [6, 6.07) is 0.484. The molecule has 5 nitrogen and oxygen atoms in total. The zero-order chi connectivity index (χ0) is 15.2. The maximum atomic E-state index is 12.3. The van der Waals surface area contributed by atoms with Crippen LogP contribution in [0.15, 0.2) is 0 Å². The number of carboxylic acid groups (broad SMARTS) is 1. The predicted octanol–water partition coefficient (Wildman–Crippen LogP) is 2.85. The van der Waals surface area contributed by atoms with Gasteiger partial charge in [-0.15, -0.1) is 0 Å². The molecule has 1 saturated carbocycles. The average molecular weight is 296 g/mol. The molecule has 0 bridgehead atoms. The van der Waals surface area contributed by atoms with E-state index in [9.17, 15) is 9.59 Å². The lowest BCUT2D eigenvalue weighted by Crippen LogP contribution is -2.45. The van der Waals surface area contributed by atoms with Crippen LogP contribution >= 0.6 is 0 Å². The highest BCUT2D eigenvalue weighted by Crippen LogP contribution is 2.35. The van der Waals surface area contributed by atoms with Gasteiger partial charge in [0.2, 0.25) is 0 Å². The van der Waals surface area contributed by atoms with Crippen molar-refractivity contribution in [2.24, 2.45) is 11.8 Å². The molecule has 2 fully saturated rings. The van der Waals surface area contributed by atoms with Crippen LogP contribution in [0.5, 0.6) is 0 Å². The summed E-state index contributed by atoms with van der Waals surface area (Å²) in [6.07, 6.45) is 8.75. The third-order valence-electron chi connectivity index (χ3n) is 5.02. The standard InChI is InChI=1S/C16H28N2O3/c1-12(15(19)20)6-4-10-17-16(21)18-11-5-9-14(18)13-7-2-3-8-13/h12-14H,2-11H2,1H3,(H,17,21)(H,19,20). The van der Waals surface area contributed by atoms with E-state index in [-0.39, 0.29) is 11.9 Å². The fraction of sp³-hybridized carbons (Fsp3) is 0.875. The Morgan fingerprint density at radius 1 is 1.24 bits per heavy atom. The quantitative estimate of drug-likeness (QED) is 0.740. The lowest BCUT2D eigenvalue weighted by atomic mass is 9.96. The van der Waals surface area contributed by atoms with E-state index >= 15 is 0 Å². The van der Waals surface area contributed by atoms with Gasteiger partial charge in [0.25, 0.3) is 0 Å². The van der Waals surface area contributed by atoms with Gasteiger partial charge in [0.05, 0.1) is 5.92 Å². The van der Waals surface area contributed by atoms with Gasteiger partial charge in [-0.25, -0.2) is 4.79 Å². The van der Waals surface area contributed by atoms with E-state index in [1.807, 2.05) is 4.90 Å². The van der Waals surface area contributed by atoms with Crippen LogP contribution < -0.4 is 5.32 Å². The highest BCUT2D eigenvalue weighted by atomic mass is 16.4. The van der Waals surface area contributed by atoms with Crippen LogP contribution in [0.25, 0.3) is 0 Å². The van der Waals surface area contributed by atoms with E-state index in [1.54, 1.807) is 6.92 Å². The molecule has 0 aromatic heterocycles. The van der Waals surface area contributed by atoms with Crippen LogP contribution in [0.1, 0.15) is 58.3 Å². The normalized spacial score (nSPS) is 24.2. The van der Waals surface area contributed by atoms with Crippen molar-refractivity contribution in [3.05, 3.63) is 0 Å². The molecule has 120 valence electrons. The second kappa shape index (κ2) is 7.66. The number of carboxylic acids is 1. The molecule has 1 heterocycles. The minimum atomic E-state index is -0.762. The maximum absolute atomic E-state index is 12.3. The molecule has 2 N–H and O–H groups in total. The molecule has 21 heavy (non-hydrogen) atoms. The molecule has 1 saturated heterocycles. The monoisotopic (exact) mass is 296 g/mol. The Labute approximate surface area is 127 Å². The molecule has 2 amide bonds. The van der Waals surface area contributed by atoms with Gasteiger partial charge in [0, 0.05) is 19.1 Å². The molecule has 2 atom stereocenters. The van der Waals surface area contributed by atoms with Gasteiger partial charge in [-0.05, 0) is 44.4 Å². The number of carbonyl (C=O) groups is 2. The van der Waals surface area contributed by atoms with Crippen LogP contribution in [0.2, 0.25) is 0 Å². The van der Waals surface area contributed by atoms with E-state index < -0.39 is 5.97 Å². The van der Waals surface area contributed by atoms with Crippen LogP contribution in [-0.2, 0) is 4.79 Å². The molecular weight excluding hydrogens is 268 g/mol. The fourth-order valence-electron chi connectivity index (χ4n) is 3.71. The SMILES string of the molecule is CC(CCCNC(=O)N1CCCC1C1CCCC1)C(=O)O. The Bertz CT molecular complexity index is 367. The van der Waals surface area contributed by atoms with Gasteiger partial charge in [0.15, 0.2) is 0 Å². The minimum absolute atomic E-state index is 0.0485. The van der Waals surface area contributed by atoms with E-state index in [0.717, 1.165) is 25.8 Å². The fourth-order valence-corrected chi connectivity index (χ4v) is 3.71. The topological polar surface area (TPSA) is 69.6 Å².